The zero-order chi connectivity index (χ0) is 18.4. The van der Waals surface area contributed by atoms with Crippen molar-refractivity contribution in [3.8, 4) is 0 Å². The molecule has 0 spiro atoms. The second-order valence-corrected chi connectivity index (χ2v) is 8.23. The molecule has 0 bridgehead atoms. The average molecular weight is 472 g/mol. The molecule has 0 saturated heterocycles. The predicted octanol–water partition coefficient (Wildman–Crippen LogP) is 6.55. The highest BCUT2D eigenvalue weighted by atomic mass is 79.9. The van der Waals surface area contributed by atoms with E-state index in [9.17, 15) is 4.79 Å². The van der Waals surface area contributed by atoms with E-state index in [1.54, 1.807) is 0 Å². The molecule has 1 nitrogen and oxygen atoms in total. The van der Waals surface area contributed by atoms with Gasteiger partial charge >= 0.3 is 0 Å². The fourth-order valence-corrected chi connectivity index (χ4v) is 3.98. The molecule has 0 N–H and O–H groups in total. The lowest BCUT2D eigenvalue weighted by Crippen LogP contribution is -2.19. The van der Waals surface area contributed by atoms with Crippen LogP contribution in [0.4, 0.5) is 0 Å². The van der Waals surface area contributed by atoms with Crippen LogP contribution in [0.25, 0.3) is 0 Å². The Morgan fingerprint density at radius 2 is 1.19 bits per heavy atom. The van der Waals surface area contributed by atoms with Crippen molar-refractivity contribution in [1.29, 1.82) is 0 Å². The zero-order valence-electron chi connectivity index (χ0n) is 14.3. The van der Waals surface area contributed by atoms with Gasteiger partial charge in [0, 0.05) is 5.56 Å². The predicted molar refractivity (Wildman–Crippen MR) is 115 cm³/mol. The monoisotopic (exact) mass is 470 g/mol. The maximum Gasteiger partial charge on any atom is 0.177 e. The molecule has 0 heterocycles. The number of carbonyl (C=O) groups is 1. The molecule has 2 atom stereocenters. The molecule has 0 aliphatic rings. The van der Waals surface area contributed by atoms with Crippen molar-refractivity contribution in [1.82, 2.24) is 0 Å². The maximum absolute atomic E-state index is 12.8. The van der Waals surface area contributed by atoms with Gasteiger partial charge in [0.15, 0.2) is 5.78 Å². The van der Waals surface area contributed by atoms with Gasteiger partial charge in [-0.1, -0.05) is 117 Å². The molecule has 0 radical (unpaired) electrons. The Bertz CT molecular complexity index is 829. The normalized spacial score (nSPS) is 13.2. The number of hydrogen-bond acceptors (Lipinski definition) is 1. The number of Topliss-reactive ketones (excluding diaryl/α,β-unsaturated/α-hetero) is 1. The summed E-state index contributed by atoms with van der Waals surface area (Å²) in [5.41, 5.74) is 4.39. The third-order valence-electron chi connectivity index (χ3n) is 4.41. The van der Waals surface area contributed by atoms with Crippen LogP contribution < -0.4 is 0 Å². The van der Waals surface area contributed by atoms with Crippen LogP contribution in [0.1, 0.15) is 31.9 Å². The highest BCUT2D eigenvalue weighted by molar-refractivity contribution is 9.12. The molecule has 0 unspecified atom stereocenters. The number of aryl methyl sites for hydroxylation is 2. The molecule has 3 aromatic rings. The highest BCUT2D eigenvalue weighted by Crippen LogP contribution is 2.33. The Morgan fingerprint density at radius 3 is 1.77 bits per heavy atom. The number of benzene rings is 3. The molecule has 26 heavy (non-hydrogen) atoms. The summed E-state index contributed by atoms with van der Waals surface area (Å²) >= 11 is 7.21. The van der Waals surface area contributed by atoms with Gasteiger partial charge in [-0.3, -0.25) is 4.79 Å². The van der Waals surface area contributed by atoms with Crippen molar-refractivity contribution in [2.24, 2.45) is 0 Å². The smallest absolute Gasteiger partial charge is 0.177 e. The van der Waals surface area contributed by atoms with Crippen LogP contribution in [-0.2, 0) is 12.8 Å². The van der Waals surface area contributed by atoms with E-state index >= 15 is 0 Å². The van der Waals surface area contributed by atoms with Crippen LogP contribution in [0.5, 0.6) is 0 Å². The summed E-state index contributed by atoms with van der Waals surface area (Å²) in [6, 6.07) is 28.4. The first-order valence-corrected chi connectivity index (χ1v) is 10.5. The molecule has 0 aromatic heterocycles. The minimum absolute atomic E-state index is 0.0612. The van der Waals surface area contributed by atoms with E-state index in [-0.39, 0.29) is 15.4 Å². The van der Waals surface area contributed by atoms with E-state index in [0.717, 1.165) is 24.0 Å². The third kappa shape index (κ3) is 4.93. The summed E-state index contributed by atoms with van der Waals surface area (Å²) in [5, 5.41) is 0. The first kappa shape index (κ1) is 19.1. The van der Waals surface area contributed by atoms with Gasteiger partial charge in [0.1, 0.15) is 0 Å². The van der Waals surface area contributed by atoms with Gasteiger partial charge < -0.3 is 0 Å². The van der Waals surface area contributed by atoms with Crippen molar-refractivity contribution in [3.63, 3.8) is 0 Å². The number of carbonyl (C=O) groups excluding carboxylic acids is 1. The minimum Gasteiger partial charge on any atom is -0.293 e. The van der Waals surface area contributed by atoms with E-state index in [1.165, 1.54) is 11.1 Å². The first-order chi connectivity index (χ1) is 12.6. The fraction of sp³-hybridized carbons (Fsp3) is 0.174. The number of hydrogen-bond donors (Lipinski definition) is 0. The van der Waals surface area contributed by atoms with Crippen LogP contribution in [-0.4, -0.2) is 10.6 Å². The standard InChI is InChI=1S/C23H20Br2O/c24-21(19-9-5-2-6-10-19)22(25)23(26)20-15-13-18(14-16-20)12-11-17-7-3-1-4-8-17/h1-10,13-16,21-22H,11-12H2/t21-,22+/m1/s1. The van der Waals surface area contributed by atoms with Crippen molar-refractivity contribution in [2.45, 2.75) is 22.5 Å². The molecule has 3 aromatic carbocycles. The zero-order valence-corrected chi connectivity index (χ0v) is 17.5. The Kier molecular flexibility index (Phi) is 6.81. The molecule has 0 amide bonds. The van der Waals surface area contributed by atoms with Gasteiger partial charge in [-0.2, -0.15) is 0 Å². The minimum atomic E-state index is -0.305. The van der Waals surface area contributed by atoms with Crippen LogP contribution in [0.2, 0.25) is 0 Å². The molecule has 0 saturated carbocycles. The van der Waals surface area contributed by atoms with Gasteiger partial charge in [0.05, 0.1) is 9.65 Å². The van der Waals surface area contributed by atoms with Gasteiger partial charge in [-0.25, -0.2) is 0 Å². The lowest BCUT2D eigenvalue weighted by molar-refractivity contribution is 0.0991. The SMILES string of the molecule is O=C(c1ccc(CCc2ccccc2)cc1)[C@@H](Br)[C@H](Br)c1ccccc1. The largest absolute Gasteiger partial charge is 0.293 e. The summed E-state index contributed by atoms with van der Waals surface area (Å²) in [5.74, 6) is 0.0883. The van der Waals surface area contributed by atoms with Gasteiger partial charge in [0.2, 0.25) is 0 Å². The van der Waals surface area contributed by atoms with Gasteiger partial charge in [-0.05, 0) is 29.5 Å². The van der Waals surface area contributed by atoms with E-state index in [2.05, 4.69) is 68.3 Å². The van der Waals surface area contributed by atoms with Crippen LogP contribution in [0, 0.1) is 0 Å². The average Bonchev–Trinajstić information content (AvgIpc) is 2.72. The second-order valence-electron chi connectivity index (χ2n) is 6.26. The molecule has 0 fully saturated rings. The fourth-order valence-electron chi connectivity index (χ4n) is 2.87. The molecule has 132 valence electrons. The van der Waals surface area contributed by atoms with Crippen LogP contribution >= 0.6 is 31.9 Å². The van der Waals surface area contributed by atoms with E-state index in [1.807, 2.05) is 48.5 Å². The van der Waals surface area contributed by atoms with E-state index < -0.39 is 0 Å². The number of alkyl halides is 2. The summed E-state index contributed by atoms with van der Waals surface area (Å²) in [4.78, 5) is 12.4. The summed E-state index contributed by atoms with van der Waals surface area (Å²) < 4.78 is 0. The number of ketones is 1. The summed E-state index contributed by atoms with van der Waals surface area (Å²) in [6.07, 6.45) is 1.98. The Labute approximate surface area is 171 Å². The molecular weight excluding hydrogens is 452 g/mol. The van der Waals surface area contributed by atoms with Crippen molar-refractivity contribution in [3.05, 3.63) is 107 Å². The second kappa shape index (κ2) is 9.29. The van der Waals surface area contributed by atoms with E-state index in [0.29, 0.717) is 0 Å². The van der Waals surface area contributed by atoms with Crippen molar-refractivity contribution >= 4 is 37.6 Å². The summed E-state index contributed by atoms with van der Waals surface area (Å²) in [6.45, 7) is 0. The Balaban J connectivity index is 1.63. The topological polar surface area (TPSA) is 17.1 Å². The number of rotatable bonds is 7. The quantitative estimate of drug-likeness (QED) is 0.282. The Hall–Kier alpha value is -1.71. The van der Waals surface area contributed by atoms with E-state index in [4.69, 9.17) is 0 Å². The first-order valence-electron chi connectivity index (χ1n) is 8.65. The third-order valence-corrected chi connectivity index (χ3v) is 7.12. The lowest BCUT2D eigenvalue weighted by Gasteiger charge is -2.16. The van der Waals surface area contributed by atoms with Crippen LogP contribution in [0.15, 0.2) is 84.9 Å². The lowest BCUT2D eigenvalue weighted by atomic mass is 9.99. The highest BCUT2D eigenvalue weighted by Gasteiger charge is 2.25. The molecule has 3 heteroatoms. The van der Waals surface area contributed by atoms with Crippen molar-refractivity contribution < 1.29 is 4.79 Å². The number of halogens is 2. The summed E-state index contributed by atoms with van der Waals surface area (Å²) in [7, 11) is 0. The molecule has 0 aliphatic carbocycles. The van der Waals surface area contributed by atoms with Gasteiger partial charge in [-0.15, -0.1) is 0 Å². The molecule has 3 rings (SSSR count). The van der Waals surface area contributed by atoms with Gasteiger partial charge in [0.25, 0.3) is 0 Å². The molecular formula is C23H20Br2O. The maximum atomic E-state index is 12.8. The Morgan fingerprint density at radius 1 is 0.692 bits per heavy atom. The van der Waals surface area contributed by atoms with Crippen molar-refractivity contribution in [2.75, 3.05) is 0 Å². The molecule has 0 aliphatic heterocycles. The van der Waals surface area contributed by atoms with Crippen LogP contribution in [0.3, 0.4) is 0 Å².